The van der Waals surface area contributed by atoms with Crippen LogP contribution in [0, 0.1) is 0 Å². The molecule has 4 rings (SSSR count). The number of fused-ring (bicyclic) bond motifs is 1. The Balaban J connectivity index is 1.58. The number of aromatic hydroxyl groups is 1. The smallest absolute Gasteiger partial charge is 0.251 e. The number of amides is 1. The van der Waals surface area contributed by atoms with E-state index >= 15 is 0 Å². The van der Waals surface area contributed by atoms with E-state index in [1.54, 1.807) is 12.1 Å². The van der Waals surface area contributed by atoms with Gasteiger partial charge in [0.15, 0.2) is 5.75 Å². The minimum absolute atomic E-state index is 0.171. The normalized spacial score (nSPS) is 14.6. The number of carbonyl (C=O) groups is 1. The predicted molar refractivity (Wildman–Crippen MR) is 129 cm³/mol. The lowest BCUT2D eigenvalue weighted by Crippen LogP contribution is -2.37. The Bertz CT molecular complexity index is 1210. The lowest BCUT2D eigenvalue weighted by atomic mass is 10.1. The zero-order chi connectivity index (χ0) is 22.8. The first-order chi connectivity index (χ1) is 15.3. The molecule has 0 radical (unpaired) electrons. The van der Waals surface area contributed by atoms with Crippen LogP contribution in [-0.4, -0.2) is 47.1 Å². The predicted octanol–water partition coefficient (Wildman–Crippen LogP) is 4.01. The summed E-state index contributed by atoms with van der Waals surface area (Å²) in [5.74, 6) is -0.749. The van der Waals surface area contributed by atoms with Crippen LogP contribution in [0.5, 0.6) is 5.75 Å². The molecule has 1 fully saturated rings. The molecule has 0 saturated carbocycles. The summed E-state index contributed by atoms with van der Waals surface area (Å²) in [5.41, 5.74) is 6.81. The molecule has 2 aromatic carbocycles. The standard InChI is InChI=1S/C23H24Cl2N4O3/c24-16-11-14(12-17(25)19(16)26)20-22(31)21(30)15-10-13(4-5-18(15)28-20)23(32)27-6-9-29-7-2-1-3-8-29/h4-5,10-12,31H,1-3,6-9,26H2,(H,27,32)(H,28,30). The number of nitrogens with one attached hydrogen (secondary N) is 2. The van der Waals surface area contributed by atoms with Gasteiger partial charge in [-0.25, -0.2) is 0 Å². The molecule has 5 N–H and O–H groups in total. The van der Waals surface area contributed by atoms with Gasteiger partial charge >= 0.3 is 0 Å². The lowest BCUT2D eigenvalue weighted by molar-refractivity contribution is 0.0946. The Morgan fingerprint density at radius 3 is 2.50 bits per heavy atom. The van der Waals surface area contributed by atoms with Crippen LogP contribution in [0.4, 0.5) is 5.69 Å². The summed E-state index contributed by atoms with van der Waals surface area (Å²) in [4.78, 5) is 30.8. The van der Waals surface area contributed by atoms with Gasteiger partial charge in [-0.15, -0.1) is 0 Å². The molecule has 0 bridgehead atoms. The molecule has 9 heteroatoms. The summed E-state index contributed by atoms with van der Waals surface area (Å²) in [5, 5.41) is 14.1. The third kappa shape index (κ3) is 4.55. The van der Waals surface area contributed by atoms with E-state index in [2.05, 4.69) is 15.2 Å². The van der Waals surface area contributed by atoms with Gasteiger partial charge in [-0.2, -0.15) is 0 Å². The van der Waals surface area contributed by atoms with E-state index in [4.69, 9.17) is 28.9 Å². The zero-order valence-electron chi connectivity index (χ0n) is 17.4. The van der Waals surface area contributed by atoms with Gasteiger partial charge in [-0.3, -0.25) is 9.59 Å². The van der Waals surface area contributed by atoms with Crippen molar-refractivity contribution in [1.29, 1.82) is 0 Å². The first-order valence-electron chi connectivity index (χ1n) is 10.5. The number of pyridine rings is 1. The van der Waals surface area contributed by atoms with Crippen molar-refractivity contribution in [2.75, 3.05) is 31.9 Å². The summed E-state index contributed by atoms with van der Waals surface area (Å²) in [6.45, 7) is 3.47. The molecule has 1 saturated heterocycles. The number of likely N-dealkylation sites (tertiary alicyclic amines) is 1. The van der Waals surface area contributed by atoms with E-state index in [9.17, 15) is 14.7 Å². The number of rotatable bonds is 5. The maximum atomic E-state index is 12.9. The number of aromatic amines is 1. The van der Waals surface area contributed by atoms with Crippen molar-refractivity contribution in [1.82, 2.24) is 15.2 Å². The van der Waals surface area contributed by atoms with E-state index in [0.29, 0.717) is 23.2 Å². The highest BCUT2D eigenvalue weighted by Crippen LogP contribution is 2.35. The summed E-state index contributed by atoms with van der Waals surface area (Å²) < 4.78 is 0. The number of hydrogen-bond acceptors (Lipinski definition) is 5. The molecule has 0 atom stereocenters. The number of benzene rings is 2. The second-order valence-corrected chi connectivity index (χ2v) is 8.76. The van der Waals surface area contributed by atoms with Crippen molar-refractivity contribution in [2.24, 2.45) is 0 Å². The SMILES string of the molecule is Nc1c(Cl)cc(-c2[nH]c3ccc(C(=O)NCCN4CCCCC4)cc3c(=O)c2O)cc1Cl. The number of aromatic nitrogens is 1. The molecule has 0 unspecified atom stereocenters. The minimum Gasteiger partial charge on any atom is -0.503 e. The zero-order valence-corrected chi connectivity index (χ0v) is 18.9. The van der Waals surface area contributed by atoms with E-state index in [0.717, 1.165) is 19.6 Å². The van der Waals surface area contributed by atoms with Gasteiger partial charge in [0, 0.05) is 24.2 Å². The fourth-order valence-corrected chi connectivity index (χ4v) is 4.45. The summed E-state index contributed by atoms with van der Waals surface area (Å²) in [7, 11) is 0. The molecule has 1 aliphatic rings. The van der Waals surface area contributed by atoms with Crippen molar-refractivity contribution < 1.29 is 9.90 Å². The van der Waals surface area contributed by atoms with Gasteiger partial charge in [-0.1, -0.05) is 29.6 Å². The minimum atomic E-state index is -0.596. The second-order valence-electron chi connectivity index (χ2n) is 7.95. The number of carbonyl (C=O) groups excluding carboxylic acids is 1. The fourth-order valence-electron chi connectivity index (χ4n) is 3.97. The van der Waals surface area contributed by atoms with Crippen LogP contribution in [0.1, 0.15) is 29.6 Å². The third-order valence-corrected chi connectivity index (χ3v) is 6.39. The van der Waals surface area contributed by atoms with Crippen molar-refractivity contribution in [3.05, 3.63) is 56.2 Å². The molecule has 7 nitrogen and oxygen atoms in total. The first kappa shape index (κ1) is 22.5. The molecule has 2 heterocycles. The topological polar surface area (TPSA) is 111 Å². The Morgan fingerprint density at radius 2 is 1.81 bits per heavy atom. The Labute approximate surface area is 195 Å². The number of halogens is 2. The highest BCUT2D eigenvalue weighted by Gasteiger charge is 2.17. The largest absolute Gasteiger partial charge is 0.503 e. The average Bonchev–Trinajstić information content (AvgIpc) is 2.80. The van der Waals surface area contributed by atoms with Crippen LogP contribution >= 0.6 is 23.2 Å². The maximum absolute atomic E-state index is 12.9. The number of nitrogen functional groups attached to an aromatic ring is 1. The van der Waals surface area contributed by atoms with E-state index < -0.39 is 11.2 Å². The van der Waals surface area contributed by atoms with Crippen LogP contribution in [-0.2, 0) is 0 Å². The summed E-state index contributed by atoms with van der Waals surface area (Å²) >= 11 is 12.2. The summed E-state index contributed by atoms with van der Waals surface area (Å²) in [6, 6.07) is 7.79. The number of nitrogens with two attached hydrogens (primary N) is 1. The lowest BCUT2D eigenvalue weighted by Gasteiger charge is -2.26. The van der Waals surface area contributed by atoms with Crippen LogP contribution in [0.15, 0.2) is 35.1 Å². The highest BCUT2D eigenvalue weighted by atomic mass is 35.5. The molecule has 3 aromatic rings. The molecule has 0 aliphatic carbocycles. The molecule has 1 amide bonds. The van der Waals surface area contributed by atoms with Crippen molar-refractivity contribution >= 4 is 45.7 Å². The van der Waals surface area contributed by atoms with Crippen molar-refractivity contribution in [3.8, 4) is 17.0 Å². The van der Waals surface area contributed by atoms with E-state index in [-0.39, 0.29) is 32.7 Å². The molecular weight excluding hydrogens is 451 g/mol. The molecule has 1 aromatic heterocycles. The van der Waals surface area contributed by atoms with E-state index in [1.807, 2.05) is 0 Å². The number of piperidine rings is 1. The molecular formula is C23H24Cl2N4O3. The Kier molecular flexibility index (Phi) is 6.60. The van der Waals surface area contributed by atoms with E-state index in [1.165, 1.54) is 37.5 Å². The highest BCUT2D eigenvalue weighted by molar-refractivity contribution is 6.39. The van der Waals surface area contributed by atoms with Crippen LogP contribution in [0.3, 0.4) is 0 Å². The molecule has 32 heavy (non-hydrogen) atoms. The molecule has 0 spiro atoms. The summed E-state index contributed by atoms with van der Waals surface area (Å²) in [6.07, 6.45) is 3.66. The van der Waals surface area contributed by atoms with Gasteiger partial charge in [0.2, 0.25) is 5.43 Å². The van der Waals surface area contributed by atoms with Crippen LogP contribution in [0.2, 0.25) is 10.0 Å². The number of anilines is 1. The quantitative estimate of drug-likeness (QED) is 0.417. The number of hydrogen-bond donors (Lipinski definition) is 4. The van der Waals surface area contributed by atoms with Gasteiger partial charge in [-0.05, 0) is 56.3 Å². The van der Waals surface area contributed by atoms with Crippen LogP contribution in [0.25, 0.3) is 22.2 Å². The number of nitrogens with zero attached hydrogens (tertiary/aromatic N) is 1. The molecule has 168 valence electrons. The second kappa shape index (κ2) is 9.40. The average molecular weight is 475 g/mol. The van der Waals surface area contributed by atoms with Crippen molar-refractivity contribution in [3.63, 3.8) is 0 Å². The third-order valence-electron chi connectivity index (χ3n) is 5.77. The first-order valence-corrected chi connectivity index (χ1v) is 11.2. The van der Waals surface area contributed by atoms with Crippen molar-refractivity contribution in [2.45, 2.75) is 19.3 Å². The van der Waals surface area contributed by atoms with Gasteiger partial charge in [0.05, 0.1) is 32.3 Å². The van der Waals surface area contributed by atoms with Gasteiger partial charge < -0.3 is 26.0 Å². The monoisotopic (exact) mass is 474 g/mol. The van der Waals surface area contributed by atoms with Gasteiger partial charge in [0.1, 0.15) is 0 Å². The maximum Gasteiger partial charge on any atom is 0.251 e. The molecule has 1 aliphatic heterocycles. The fraction of sp³-hybridized carbons (Fsp3) is 0.304. The Hall–Kier alpha value is -2.74. The van der Waals surface area contributed by atoms with Crippen LogP contribution < -0.4 is 16.5 Å². The van der Waals surface area contributed by atoms with Gasteiger partial charge in [0.25, 0.3) is 5.91 Å². The number of H-pyrrole nitrogens is 1. The Morgan fingerprint density at radius 1 is 1.12 bits per heavy atom.